The number of fused-ring (bicyclic) bond motifs is 1. The summed E-state index contributed by atoms with van der Waals surface area (Å²) >= 11 is 0. The van der Waals surface area contributed by atoms with Gasteiger partial charge in [0.25, 0.3) is 0 Å². The molecule has 4 rings (SSSR count). The highest BCUT2D eigenvalue weighted by Gasteiger charge is 2.65. The molecule has 0 amide bonds. The van der Waals surface area contributed by atoms with Crippen LogP contribution in [-0.2, 0) is 0 Å². The maximum Gasteiger partial charge on any atom is 0.150 e. The van der Waals surface area contributed by atoms with Gasteiger partial charge in [0, 0.05) is 24.1 Å². The second-order valence-corrected chi connectivity index (χ2v) is 8.55. The Labute approximate surface area is 149 Å². The maximum atomic E-state index is 10.9. The van der Waals surface area contributed by atoms with Gasteiger partial charge in [0.05, 0.1) is 5.60 Å². The first-order valence-electron chi connectivity index (χ1n) is 9.72. The number of aldehydes is 1. The van der Waals surface area contributed by atoms with Gasteiger partial charge < -0.3 is 10.2 Å². The van der Waals surface area contributed by atoms with E-state index in [1.165, 1.54) is 5.56 Å². The average molecular weight is 343 g/mol. The summed E-state index contributed by atoms with van der Waals surface area (Å²) in [5.74, 6) is 0.591. The summed E-state index contributed by atoms with van der Waals surface area (Å²) in [5, 5.41) is 21.5. The fourth-order valence-corrected chi connectivity index (χ4v) is 5.24. The normalized spacial score (nSPS) is 36.8. The Kier molecular flexibility index (Phi) is 4.25. The zero-order chi connectivity index (χ0) is 17.7. The van der Waals surface area contributed by atoms with Gasteiger partial charge in [-0.2, -0.15) is 0 Å². The van der Waals surface area contributed by atoms with Crippen molar-refractivity contribution in [2.75, 3.05) is 6.54 Å². The zero-order valence-electron chi connectivity index (χ0n) is 15.0. The molecular weight excluding hydrogens is 314 g/mol. The van der Waals surface area contributed by atoms with Gasteiger partial charge in [-0.05, 0) is 43.6 Å². The molecule has 3 aliphatic rings. The van der Waals surface area contributed by atoms with Gasteiger partial charge in [0.1, 0.15) is 12.0 Å². The summed E-state index contributed by atoms with van der Waals surface area (Å²) < 4.78 is 0. The lowest BCUT2D eigenvalue weighted by Gasteiger charge is -2.26. The molecule has 2 N–H and O–H groups in total. The second-order valence-electron chi connectivity index (χ2n) is 8.55. The van der Waals surface area contributed by atoms with Crippen LogP contribution in [0.1, 0.15) is 73.7 Å². The van der Waals surface area contributed by atoms with Crippen molar-refractivity contribution in [3.8, 4) is 0 Å². The van der Waals surface area contributed by atoms with Crippen LogP contribution in [0.5, 0.6) is 0 Å². The number of carbonyl (C=O) groups is 1. The Bertz CT molecular complexity index is 637. The number of hydrogen-bond donors (Lipinski definition) is 2. The number of rotatable bonds is 6. The molecule has 1 aromatic rings. The highest BCUT2D eigenvalue weighted by molar-refractivity contribution is 5.74. The van der Waals surface area contributed by atoms with E-state index in [0.29, 0.717) is 17.5 Å². The van der Waals surface area contributed by atoms with E-state index in [9.17, 15) is 15.0 Å². The summed E-state index contributed by atoms with van der Waals surface area (Å²) in [6.07, 6.45) is 7.71. The summed E-state index contributed by atoms with van der Waals surface area (Å²) in [6, 6.07) is 8.15. The van der Waals surface area contributed by atoms with Crippen LogP contribution < -0.4 is 0 Å². The van der Waals surface area contributed by atoms with Gasteiger partial charge in [-0.3, -0.25) is 9.69 Å². The lowest BCUT2D eigenvalue weighted by molar-refractivity contribution is 0.0125. The summed E-state index contributed by atoms with van der Waals surface area (Å²) in [6.45, 7) is 2.98. The molecule has 2 saturated heterocycles. The molecule has 2 aliphatic heterocycles. The van der Waals surface area contributed by atoms with Gasteiger partial charge in [-0.25, -0.2) is 0 Å². The van der Waals surface area contributed by atoms with Crippen LogP contribution in [0.25, 0.3) is 0 Å². The molecule has 0 aromatic heterocycles. The largest absolute Gasteiger partial charge is 0.390 e. The van der Waals surface area contributed by atoms with Gasteiger partial charge in [-0.15, -0.1) is 0 Å². The summed E-state index contributed by atoms with van der Waals surface area (Å²) in [5.41, 5.74) is 0.800. The van der Waals surface area contributed by atoms with E-state index in [1.54, 1.807) is 0 Å². The number of piperidine rings is 1. The summed E-state index contributed by atoms with van der Waals surface area (Å²) in [7, 11) is 0. The Morgan fingerprint density at radius 3 is 2.56 bits per heavy atom. The first-order valence-corrected chi connectivity index (χ1v) is 9.72. The van der Waals surface area contributed by atoms with Crippen LogP contribution in [0, 0.1) is 5.92 Å². The van der Waals surface area contributed by atoms with Crippen molar-refractivity contribution in [2.24, 2.45) is 5.92 Å². The molecule has 1 aliphatic carbocycles. The smallest absolute Gasteiger partial charge is 0.150 e. The van der Waals surface area contributed by atoms with Crippen LogP contribution in [-0.4, -0.2) is 45.3 Å². The minimum absolute atomic E-state index is 0.263. The van der Waals surface area contributed by atoms with Gasteiger partial charge in [0.15, 0.2) is 0 Å². The Hall–Kier alpha value is -1.23. The fraction of sp³-hybridized carbons (Fsp3) is 0.667. The van der Waals surface area contributed by atoms with Crippen molar-refractivity contribution in [3.63, 3.8) is 0 Å². The predicted molar refractivity (Wildman–Crippen MR) is 96.4 cm³/mol. The molecule has 4 heteroatoms. The molecule has 2 heterocycles. The van der Waals surface area contributed by atoms with Crippen molar-refractivity contribution < 1.29 is 15.0 Å². The minimum atomic E-state index is -0.642. The number of benzene rings is 1. The Morgan fingerprint density at radius 2 is 1.92 bits per heavy atom. The highest BCUT2D eigenvalue weighted by atomic mass is 16.3. The van der Waals surface area contributed by atoms with Crippen LogP contribution in [0.4, 0.5) is 0 Å². The molecule has 136 valence electrons. The predicted octanol–water partition coefficient (Wildman–Crippen LogP) is 3.08. The maximum absolute atomic E-state index is 10.9. The monoisotopic (exact) mass is 343 g/mol. The van der Waals surface area contributed by atoms with Gasteiger partial charge in [-0.1, -0.05) is 44.0 Å². The van der Waals surface area contributed by atoms with E-state index >= 15 is 0 Å². The summed E-state index contributed by atoms with van der Waals surface area (Å²) in [4.78, 5) is 13.1. The minimum Gasteiger partial charge on any atom is -0.390 e. The van der Waals surface area contributed by atoms with E-state index in [1.807, 2.05) is 24.3 Å². The Balaban J connectivity index is 1.41. The van der Waals surface area contributed by atoms with Crippen molar-refractivity contribution in [1.29, 1.82) is 0 Å². The number of hydrogen-bond acceptors (Lipinski definition) is 4. The Morgan fingerprint density at radius 1 is 1.24 bits per heavy atom. The van der Waals surface area contributed by atoms with Crippen LogP contribution in [0.2, 0.25) is 0 Å². The molecule has 0 radical (unpaired) electrons. The third kappa shape index (κ3) is 3.05. The second kappa shape index (κ2) is 6.19. The SMILES string of the molecule is CC(c1ccc(C=O)cc1)C1CC(CCC2(O)CCCC2)C2(O)CN12. The molecule has 4 nitrogen and oxygen atoms in total. The van der Waals surface area contributed by atoms with Crippen LogP contribution in [0.3, 0.4) is 0 Å². The lowest BCUT2D eigenvalue weighted by atomic mass is 9.83. The molecule has 3 fully saturated rings. The first-order chi connectivity index (χ1) is 12.0. The number of nitrogens with zero attached hydrogens (tertiary/aromatic N) is 1. The highest BCUT2D eigenvalue weighted by Crippen LogP contribution is 2.54. The van der Waals surface area contributed by atoms with E-state index in [0.717, 1.165) is 57.8 Å². The van der Waals surface area contributed by atoms with Crippen LogP contribution in [0.15, 0.2) is 24.3 Å². The fourth-order valence-electron chi connectivity index (χ4n) is 5.24. The average Bonchev–Trinajstić information content (AvgIpc) is 2.99. The van der Waals surface area contributed by atoms with Crippen LogP contribution >= 0.6 is 0 Å². The number of aliphatic hydroxyl groups is 2. The molecular formula is C21H29NO3. The standard InChI is InChI=1S/C21H29NO3/c1-15(17-6-4-16(13-23)5-7-17)19-12-18(21(25)14-22(19)21)8-11-20(24)9-2-3-10-20/h4-7,13,15,18-19,24-25H,2-3,8-12,14H2,1H3. The molecule has 5 unspecified atom stereocenters. The van der Waals surface area contributed by atoms with Crippen molar-refractivity contribution in [2.45, 2.75) is 75.2 Å². The zero-order valence-corrected chi connectivity index (χ0v) is 15.0. The third-order valence-electron chi connectivity index (χ3n) is 7.05. The molecule has 25 heavy (non-hydrogen) atoms. The van der Waals surface area contributed by atoms with E-state index in [2.05, 4.69) is 11.8 Å². The van der Waals surface area contributed by atoms with Gasteiger partial charge in [0.2, 0.25) is 0 Å². The third-order valence-corrected chi connectivity index (χ3v) is 7.05. The molecule has 0 spiro atoms. The molecule has 1 saturated carbocycles. The van der Waals surface area contributed by atoms with Crippen molar-refractivity contribution in [1.82, 2.24) is 4.90 Å². The topological polar surface area (TPSA) is 60.5 Å². The molecule has 0 bridgehead atoms. The van der Waals surface area contributed by atoms with E-state index < -0.39 is 11.3 Å². The van der Waals surface area contributed by atoms with Crippen molar-refractivity contribution >= 4 is 6.29 Å². The van der Waals surface area contributed by atoms with Crippen molar-refractivity contribution in [3.05, 3.63) is 35.4 Å². The quantitative estimate of drug-likeness (QED) is 0.615. The molecule has 1 aromatic carbocycles. The van der Waals surface area contributed by atoms with E-state index in [4.69, 9.17) is 0 Å². The van der Waals surface area contributed by atoms with Gasteiger partial charge >= 0.3 is 0 Å². The van der Waals surface area contributed by atoms with E-state index in [-0.39, 0.29) is 5.92 Å². The first kappa shape index (κ1) is 17.2. The number of carbonyl (C=O) groups excluding carboxylic acids is 1. The molecule has 5 atom stereocenters. The lowest BCUT2D eigenvalue weighted by Crippen LogP contribution is -2.28.